The normalized spacial score (nSPS) is 11.6. The molecule has 0 saturated heterocycles. The fourth-order valence-electron chi connectivity index (χ4n) is 3.02. The molecular formula is C22H21FN6O3S2. The number of aryl methyl sites for hydroxylation is 1. The van der Waals surface area contributed by atoms with Gasteiger partial charge in [0.25, 0.3) is 0 Å². The molecule has 4 aromatic rings. The summed E-state index contributed by atoms with van der Waals surface area (Å²) in [4.78, 5) is 12.4. The lowest BCUT2D eigenvalue weighted by Gasteiger charge is -2.07. The lowest BCUT2D eigenvalue weighted by molar-refractivity contribution is -0.113. The number of carbonyl (C=O) groups excluding carboxylic acids is 1. The Kier molecular flexibility index (Phi) is 7.20. The van der Waals surface area contributed by atoms with Crippen LogP contribution >= 0.6 is 11.8 Å². The molecule has 2 N–H and O–H groups in total. The summed E-state index contributed by atoms with van der Waals surface area (Å²) in [5.41, 5.74) is 1.99. The second kappa shape index (κ2) is 10.3. The smallest absolute Gasteiger partial charge is 0.240 e. The third kappa shape index (κ3) is 5.95. The first kappa shape index (κ1) is 23.8. The van der Waals surface area contributed by atoms with Gasteiger partial charge in [-0.1, -0.05) is 29.5 Å². The maximum Gasteiger partial charge on any atom is 0.240 e. The van der Waals surface area contributed by atoms with Gasteiger partial charge < -0.3 is 5.32 Å². The van der Waals surface area contributed by atoms with Gasteiger partial charge in [0.2, 0.25) is 15.9 Å². The summed E-state index contributed by atoms with van der Waals surface area (Å²) in [7, 11) is -3.64. The van der Waals surface area contributed by atoms with E-state index in [4.69, 9.17) is 0 Å². The minimum atomic E-state index is -3.64. The molecule has 0 aliphatic rings. The maximum absolute atomic E-state index is 13.0. The Balaban J connectivity index is 1.35. The highest BCUT2D eigenvalue weighted by molar-refractivity contribution is 7.99. The number of rotatable bonds is 9. The van der Waals surface area contributed by atoms with Gasteiger partial charge in [0.05, 0.1) is 10.6 Å². The van der Waals surface area contributed by atoms with Crippen molar-refractivity contribution < 1.29 is 17.6 Å². The Labute approximate surface area is 199 Å². The minimum Gasteiger partial charge on any atom is -0.325 e. The zero-order chi connectivity index (χ0) is 24.1. The van der Waals surface area contributed by atoms with Gasteiger partial charge in [0.1, 0.15) is 10.8 Å². The molecule has 0 fully saturated rings. The number of anilines is 1. The van der Waals surface area contributed by atoms with Crippen molar-refractivity contribution in [1.82, 2.24) is 24.5 Å². The molecule has 2 aromatic heterocycles. The van der Waals surface area contributed by atoms with E-state index in [1.54, 1.807) is 36.4 Å². The SMILES string of the molecule is Cc1ccc(S(=O)(=O)NCCc2nnc3ccc(SCC(=O)Nc4ccc(F)cc4)nn23)cc1. The van der Waals surface area contributed by atoms with Gasteiger partial charge in [-0.05, 0) is 55.5 Å². The summed E-state index contributed by atoms with van der Waals surface area (Å²) in [5.74, 6) is -0.0469. The fraction of sp³-hybridized carbons (Fsp3) is 0.182. The van der Waals surface area contributed by atoms with E-state index in [-0.39, 0.29) is 35.3 Å². The van der Waals surface area contributed by atoms with Gasteiger partial charge in [-0.3, -0.25) is 4.79 Å². The minimum absolute atomic E-state index is 0.101. The van der Waals surface area contributed by atoms with Crippen molar-refractivity contribution in [2.24, 2.45) is 0 Å². The average Bonchev–Trinajstić information content (AvgIpc) is 3.22. The van der Waals surface area contributed by atoms with E-state index >= 15 is 0 Å². The highest BCUT2D eigenvalue weighted by Gasteiger charge is 2.15. The Morgan fingerprint density at radius 1 is 1.03 bits per heavy atom. The van der Waals surface area contributed by atoms with Crippen LogP contribution in [0.25, 0.3) is 5.65 Å². The molecule has 0 atom stereocenters. The maximum atomic E-state index is 13.0. The van der Waals surface area contributed by atoms with Crippen LogP contribution in [0.3, 0.4) is 0 Å². The molecule has 0 spiro atoms. The first-order chi connectivity index (χ1) is 16.3. The third-order valence-electron chi connectivity index (χ3n) is 4.75. The van der Waals surface area contributed by atoms with E-state index in [0.29, 0.717) is 22.2 Å². The third-order valence-corrected chi connectivity index (χ3v) is 7.15. The molecule has 2 aromatic carbocycles. The Hall–Kier alpha value is -3.35. The van der Waals surface area contributed by atoms with Crippen molar-refractivity contribution in [1.29, 1.82) is 0 Å². The van der Waals surface area contributed by atoms with Gasteiger partial charge in [-0.2, -0.15) is 9.61 Å². The predicted octanol–water partition coefficient (Wildman–Crippen LogP) is 2.82. The summed E-state index contributed by atoms with van der Waals surface area (Å²) in [5, 5.41) is 15.9. The van der Waals surface area contributed by atoms with Gasteiger partial charge in [0.15, 0.2) is 11.5 Å². The standard InChI is InChI=1S/C22H21FN6O3S2/c1-15-2-8-18(9-3-15)34(31,32)24-13-12-20-27-26-19-10-11-22(28-29(19)20)33-14-21(30)25-17-6-4-16(23)5-7-17/h2-11,24H,12-14H2,1H3,(H,25,30). The zero-order valence-electron chi connectivity index (χ0n) is 18.1. The highest BCUT2D eigenvalue weighted by atomic mass is 32.2. The number of nitrogens with one attached hydrogen (secondary N) is 2. The fourth-order valence-corrected chi connectivity index (χ4v) is 4.70. The number of thioether (sulfide) groups is 1. The van der Waals surface area contributed by atoms with Crippen LogP contribution in [0.1, 0.15) is 11.4 Å². The van der Waals surface area contributed by atoms with Crippen LogP contribution < -0.4 is 10.0 Å². The van der Waals surface area contributed by atoms with E-state index in [1.807, 2.05) is 6.92 Å². The zero-order valence-corrected chi connectivity index (χ0v) is 19.7. The Morgan fingerprint density at radius 2 is 1.76 bits per heavy atom. The van der Waals surface area contributed by atoms with Crippen molar-refractivity contribution in [2.75, 3.05) is 17.6 Å². The summed E-state index contributed by atoms with van der Waals surface area (Å²) in [6.45, 7) is 2.01. The monoisotopic (exact) mass is 500 g/mol. The lowest BCUT2D eigenvalue weighted by atomic mass is 10.2. The predicted molar refractivity (Wildman–Crippen MR) is 127 cm³/mol. The molecule has 0 unspecified atom stereocenters. The van der Waals surface area contributed by atoms with Crippen LogP contribution in [0, 0.1) is 12.7 Å². The number of halogens is 1. The molecule has 0 aliphatic heterocycles. The van der Waals surface area contributed by atoms with Crippen LogP contribution in [0.5, 0.6) is 0 Å². The van der Waals surface area contributed by atoms with Crippen LogP contribution in [-0.4, -0.2) is 46.4 Å². The molecule has 0 bridgehead atoms. The number of carbonyl (C=O) groups is 1. The van der Waals surface area contributed by atoms with Gasteiger partial charge in [-0.25, -0.2) is 17.5 Å². The number of aromatic nitrogens is 4. The van der Waals surface area contributed by atoms with Gasteiger partial charge in [-0.15, -0.1) is 10.2 Å². The molecule has 12 heteroatoms. The van der Waals surface area contributed by atoms with E-state index in [1.165, 1.54) is 40.5 Å². The Bertz CT molecular complexity index is 1410. The molecule has 176 valence electrons. The summed E-state index contributed by atoms with van der Waals surface area (Å²) in [6.07, 6.45) is 0.276. The van der Waals surface area contributed by atoms with Crippen molar-refractivity contribution in [3.63, 3.8) is 0 Å². The van der Waals surface area contributed by atoms with Gasteiger partial charge in [0, 0.05) is 18.7 Å². The number of amides is 1. The number of hydrogen-bond acceptors (Lipinski definition) is 7. The average molecular weight is 501 g/mol. The molecule has 0 saturated carbocycles. The second-order valence-electron chi connectivity index (χ2n) is 7.36. The van der Waals surface area contributed by atoms with Crippen molar-refractivity contribution in [3.05, 3.63) is 77.9 Å². The van der Waals surface area contributed by atoms with Crippen LogP contribution in [0.4, 0.5) is 10.1 Å². The summed E-state index contributed by atoms with van der Waals surface area (Å²) in [6, 6.07) is 15.6. The van der Waals surface area contributed by atoms with Gasteiger partial charge >= 0.3 is 0 Å². The van der Waals surface area contributed by atoms with Crippen LogP contribution in [0.15, 0.2) is 70.6 Å². The van der Waals surface area contributed by atoms with Crippen LogP contribution in [0.2, 0.25) is 0 Å². The first-order valence-electron chi connectivity index (χ1n) is 10.3. The van der Waals surface area contributed by atoms with Crippen molar-refractivity contribution in [3.8, 4) is 0 Å². The summed E-state index contributed by atoms with van der Waals surface area (Å²) < 4.78 is 42.0. The number of hydrogen-bond donors (Lipinski definition) is 2. The molecule has 2 heterocycles. The Morgan fingerprint density at radius 3 is 2.50 bits per heavy atom. The lowest BCUT2D eigenvalue weighted by Crippen LogP contribution is -2.26. The molecule has 4 rings (SSSR count). The first-order valence-corrected chi connectivity index (χ1v) is 12.7. The number of sulfonamides is 1. The number of nitrogens with zero attached hydrogens (tertiary/aromatic N) is 4. The molecule has 9 nitrogen and oxygen atoms in total. The number of fused-ring (bicyclic) bond motifs is 1. The topological polar surface area (TPSA) is 118 Å². The van der Waals surface area contributed by atoms with E-state index in [9.17, 15) is 17.6 Å². The largest absolute Gasteiger partial charge is 0.325 e. The highest BCUT2D eigenvalue weighted by Crippen LogP contribution is 2.17. The molecule has 0 radical (unpaired) electrons. The quantitative estimate of drug-likeness (QED) is 0.339. The van der Waals surface area contributed by atoms with Crippen molar-refractivity contribution >= 4 is 39.0 Å². The molecule has 0 aliphatic carbocycles. The van der Waals surface area contributed by atoms with E-state index in [2.05, 4.69) is 25.3 Å². The van der Waals surface area contributed by atoms with Crippen LogP contribution in [-0.2, 0) is 21.2 Å². The molecule has 1 amide bonds. The molecule has 34 heavy (non-hydrogen) atoms. The van der Waals surface area contributed by atoms with E-state index in [0.717, 1.165) is 5.56 Å². The van der Waals surface area contributed by atoms with E-state index < -0.39 is 10.0 Å². The summed E-state index contributed by atoms with van der Waals surface area (Å²) >= 11 is 1.22. The number of benzene rings is 2. The van der Waals surface area contributed by atoms with Crippen molar-refractivity contribution in [2.45, 2.75) is 23.3 Å². The second-order valence-corrected chi connectivity index (χ2v) is 10.1. The molecular weight excluding hydrogens is 479 g/mol.